The number of hydrogen-bond acceptors (Lipinski definition) is 4. The van der Waals surface area contributed by atoms with Crippen LogP contribution in [0.15, 0.2) is 42.5 Å². The number of benzene rings is 2. The van der Waals surface area contributed by atoms with E-state index in [1.165, 1.54) is 0 Å². The van der Waals surface area contributed by atoms with E-state index in [1.807, 2.05) is 38.1 Å². The fourth-order valence-electron chi connectivity index (χ4n) is 2.49. The lowest BCUT2D eigenvalue weighted by molar-refractivity contribution is -0.122. The van der Waals surface area contributed by atoms with Gasteiger partial charge in [-0.15, -0.1) is 0 Å². The van der Waals surface area contributed by atoms with Crippen LogP contribution in [-0.2, 0) is 16.0 Å². The molecule has 5 nitrogen and oxygen atoms in total. The number of hydrogen-bond donors (Lipinski definition) is 1. The van der Waals surface area contributed by atoms with E-state index in [0.717, 1.165) is 17.5 Å². The van der Waals surface area contributed by atoms with E-state index >= 15 is 0 Å². The van der Waals surface area contributed by atoms with Crippen molar-refractivity contribution in [3.63, 3.8) is 0 Å². The molecule has 26 heavy (non-hydrogen) atoms. The molecule has 0 saturated heterocycles. The summed E-state index contributed by atoms with van der Waals surface area (Å²) in [6.45, 7) is 7.66. The first-order valence-corrected chi connectivity index (χ1v) is 8.79. The second-order valence-corrected chi connectivity index (χ2v) is 5.96. The predicted octanol–water partition coefficient (Wildman–Crippen LogP) is 4.14. The fourth-order valence-corrected chi connectivity index (χ4v) is 2.49. The van der Waals surface area contributed by atoms with Gasteiger partial charge in [0.2, 0.25) is 0 Å². The highest BCUT2D eigenvalue weighted by atomic mass is 16.5. The highest BCUT2D eigenvalue weighted by Gasteiger charge is 2.18. The van der Waals surface area contributed by atoms with E-state index in [4.69, 9.17) is 9.47 Å². The van der Waals surface area contributed by atoms with Crippen LogP contribution in [0.4, 0.5) is 5.69 Å². The molecule has 1 amide bonds. The van der Waals surface area contributed by atoms with E-state index in [0.29, 0.717) is 23.6 Å². The second-order valence-electron chi connectivity index (χ2n) is 5.96. The van der Waals surface area contributed by atoms with E-state index < -0.39 is 12.1 Å². The number of aryl methyl sites for hydroxylation is 2. The average molecular weight is 355 g/mol. The van der Waals surface area contributed by atoms with E-state index in [-0.39, 0.29) is 5.91 Å². The normalized spacial score (nSPS) is 11.5. The van der Waals surface area contributed by atoms with Gasteiger partial charge in [0.05, 0.1) is 12.2 Å². The number of rotatable bonds is 7. The van der Waals surface area contributed by atoms with Gasteiger partial charge in [-0.2, -0.15) is 0 Å². The Morgan fingerprint density at radius 1 is 1.12 bits per heavy atom. The summed E-state index contributed by atoms with van der Waals surface area (Å²) in [6.07, 6.45) is 0.152. The van der Waals surface area contributed by atoms with Gasteiger partial charge >= 0.3 is 5.97 Å². The van der Waals surface area contributed by atoms with Gasteiger partial charge in [0, 0.05) is 5.69 Å². The van der Waals surface area contributed by atoms with Crippen LogP contribution in [-0.4, -0.2) is 24.6 Å². The van der Waals surface area contributed by atoms with Crippen LogP contribution in [0.5, 0.6) is 5.75 Å². The summed E-state index contributed by atoms with van der Waals surface area (Å²) in [7, 11) is 0. The zero-order valence-electron chi connectivity index (χ0n) is 15.7. The molecule has 0 aliphatic heterocycles. The van der Waals surface area contributed by atoms with E-state index in [2.05, 4.69) is 5.32 Å². The third-order valence-electron chi connectivity index (χ3n) is 4.03. The molecule has 0 bridgehead atoms. The van der Waals surface area contributed by atoms with Crippen LogP contribution >= 0.6 is 0 Å². The second kappa shape index (κ2) is 9.04. The quantitative estimate of drug-likeness (QED) is 0.758. The number of carbonyl (C=O) groups excluding carboxylic acids is 2. The van der Waals surface area contributed by atoms with Crippen molar-refractivity contribution in [2.45, 2.75) is 40.2 Å². The summed E-state index contributed by atoms with van der Waals surface area (Å²) in [6, 6.07) is 12.7. The maximum absolute atomic E-state index is 12.5. The molecule has 1 atom stereocenters. The van der Waals surface area contributed by atoms with Crippen molar-refractivity contribution in [2.24, 2.45) is 0 Å². The van der Waals surface area contributed by atoms with Crippen LogP contribution in [0.3, 0.4) is 0 Å². The van der Waals surface area contributed by atoms with Gasteiger partial charge in [-0.3, -0.25) is 4.79 Å². The Balaban J connectivity index is 2.11. The van der Waals surface area contributed by atoms with Crippen LogP contribution in [0, 0.1) is 6.92 Å². The summed E-state index contributed by atoms with van der Waals surface area (Å²) >= 11 is 0. The van der Waals surface area contributed by atoms with Gasteiger partial charge in [-0.25, -0.2) is 4.79 Å². The molecule has 0 aromatic heterocycles. The molecule has 2 aromatic rings. The summed E-state index contributed by atoms with van der Waals surface area (Å²) in [5.41, 5.74) is 2.87. The van der Waals surface area contributed by atoms with Gasteiger partial charge in [-0.1, -0.05) is 31.2 Å². The van der Waals surface area contributed by atoms with Crippen LogP contribution in [0.2, 0.25) is 0 Å². The molecule has 0 spiro atoms. The standard InChI is InChI=1S/C21H25NO4/c1-5-16-9-7-8-10-19(16)26-15(4)20(23)22-18-13-17(12-11-14(18)3)21(24)25-6-2/h7-13,15H,5-6H2,1-4H3,(H,22,23)/t15-/m0/s1. The molecule has 0 heterocycles. The van der Waals surface area contributed by atoms with Gasteiger partial charge in [-0.05, 0) is 56.5 Å². The van der Waals surface area contributed by atoms with Gasteiger partial charge in [0.15, 0.2) is 6.10 Å². The molecule has 138 valence electrons. The van der Waals surface area contributed by atoms with E-state index in [1.54, 1.807) is 32.0 Å². The highest BCUT2D eigenvalue weighted by Crippen LogP contribution is 2.21. The maximum Gasteiger partial charge on any atom is 0.338 e. The van der Waals surface area contributed by atoms with Crippen molar-refractivity contribution in [2.75, 3.05) is 11.9 Å². The molecule has 2 aromatic carbocycles. The molecule has 0 unspecified atom stereocenters. The van der Waals surface area contributed by atoms with Crippen LogP contribution in [0.25, 0.3) is 0 Å². The van der Waals surface area contributed by atoms with Crippen LogP contribution in [0.1, 0.15) is 42.3 Å². The number of nitrogens with one attached hydrogen (secondary N) is 1. The molecule has 1 N–H and O–H groups in total. The third kappa shape index (κ3) is 4.85. The molecule has 0 fully saturated rings. The third-order valence-corrected chi connectivity index (χ3v) is 4.03. The Labute approximate surface area is 154 Å². The lowest BCUT2D eigenvalue weighted by Gasteiger charge is -2.18. The lowest BCUT2D eigenvalue weighted by Crippen LogP contribution is -2.30. The zero-order valence-corrected chi connectivity index (χ0v) is 15.7. The van der Waals surface area contributed by atoms with Crippen LogP contribution < -0.4 is 10.1 Å². The SMILES string of the molecule is CCOC(=O)c1ccc(C)c(NC(=O)[C@H](C)Oc2ccccc2CC)c1. The molecule has 5 heteroatoms. The highest BCUT2D eigenvalue weighted by molar-refractivity contribution is 5.97. The first-order chi connectivity index (χ1) is 12.5. The minimum absolute atomic E-state index is 0.278. The van der Waals surface area contributed by atoms with Gasteiger partial charge in [0.1, 0.15) is 5.75 Å². The summed E-state index contributed by atoms with van der Waals surface area (Å²) in [5, 5.41) is 2.83. The van der Waals surface area contributed by atoms with Crippen molar-refractivity contribution >= 4 is 17.6 Å². The smallest absolute Gasteiger partial charge is 0.338 e. The minimum Gasteiger partial charge on any atom is -0.481 e. The molecule has 0 saturated carbocycles. The summed E-state index contributed by atoms with van der Waals surface area (Å²) in [5.74, 6) is 0.0128. The lowest BCUT2D eigenvalue weighted by atomic mass is 10.1. The Morgan fingerprint density at radius 2 is 1.85 bits per heavy atom. The maximum atomic E-state index is 12.5. The fraction of sp³-hybridized carbons (Fsp3) is 0.333. The number of carbonyl (C=O) groups is 2. The Bertz CT molecular complexity index is 785. The molecule has 2 rings (SSSR count). The summed E-state index contributed by atoms with van der Waals surface area (Å²) in [4.78, 5) is 24.4. The van der Waals surface area contributed by atoms with E-state index in [9.17, 15) is 9.59 Å². The van der Waals surface area contributed by atoms with Crippen molar-refractivity contribution in [3.8, 4) is 5.75 Å². The van der Waals surface area contributed by atoms with Gasteiger partial charge in [0.25, 0.3) is 5.91 Å². The molecule has 0 radical (unpaired) electrons. The molecule has 0 aliphatic carbocycles. The average Bonchev–Trinajstić information content (AvgIpc) is 2.64. The predicted molar refractivity (Wildman–Crippen MR) is 102 cm³/mol. The number of esters is 1. The minimum atomic E-state index is -0.673. The number of para-hydroxylation sites is 1. The van der Waals surface area contributed by atoms with Crippen molar-refractivity contribution in [1.29, 1.82) is 0 Å². The largest absolute Gasteiger partial charge is 0.481 e. The number of ether oxygens (including phenoxy) is 2. The first kappa shape index (κ1) is 19.5. The van der Waals surface area contributed by atoms with Crippen molar-refractivity contribution in [1.82, 2.24) is 0 Å². The Hall–Kier alpha value is -2.82. The van der Waals surface area contributed by atoms with Gasteiger partial charge < -0.3 is 14.8 Å². The summed E-state index contributed by atoms with van der Waals surface area (Å²) < 4.78 is 10.8. The monoisotopic (exact) mass is 355 g/mol. The molecular formula is C21H25NO4. The zero-order chi connectivity index (χ0) is 19.1. The van der Waals surface area contributed by atoms with Crippen molar-refractivity contribution in [3.05, 3.63) is 59.2 Å². The molecule has 0 aliphatic rings. The topological polar surface area (TPSA) is 64.6 Å². The Kier molecular flexibility index (Phi) is 6.78. The molecular weight excluding hydrogens is 330 g/mol. The van der Waals surface area contributed by atoms with Crippen molar-refractivity contribution < 1.29 is 19.1 Å². The first-order valence-electron chi connectivity index (χ1n) is 8.79. The Morgan fingerprint density at radius 3 is 2.54 bits per heavy atom. The number of anilines is 1. The number of amides is 1.